The van der Waals surface area contributed by atoms with Crippen LogP contribution in [0.5, 0.6) is 5.75 Å². The van der Waals surface area contributed by atoms with E-state index in [1.807, 2.05) is 13.8 Å². The number of likely N-dealkylation sites (N-methyl/N-ethyl adjacent to an activating group) is 1. The molecular weight excluding hydrogens is 480 g/mol. The summed E-state index contributed by atoms with van der Waals surface area (Å²) in [5, 5.41) is 0.662. The Bertz CT molecular complexity index is 1530. The fourth-order valence-corrected chi connectivity index (χ4v) is 7.11. The number of hydrogen-bond acceptors (Lipinski definition) is 5. The molecule has 0 radical (unpaired) electrons. The number of ether oxygens (including phenoxy) is 1. The molecule has 0 saturated carbocycles. The van der Waals surface area contributed by atoms with Gasteiger partial charge < -0.3 is 19.2 Å². The monoisotopic (exact) mass is 512 g/mol. The van der Waals surface area contributed by atoms with Crippen molar-refractivity contribution in [3.63, 3.8) is 0 Å². The van der Waals surface area contributed by atoms with Gasteiger partial charge >= 0.3 is 0 Å². The van der Waals surface area contributed by atoms with Crippen molar-refractivity contribution in [2.75, 3.05) is 25.0 Å². The van der Waals surface area contributed by atoms with E-state index in [1.54, 1.807) is 45.5 Å². The number of fused-ring (bicyclic) bond motifs is 2. The molecule has 36 heavy (non-hydrogen) atoms. The van der Waals surface area contributed by atoms with Crippen molar-refractivity contribution in [2.45, 2.75) is 51.0 Å². The molecule has 0 spiro atoms. The predicted octanol–water partition coefficient (Wildman–Crippen LogP) is 3.40. The summed E-state index contributed by atoms with van der Waals surface area (Å²) in [6.45, 7) is 6.50. The van der Waals surface area contributed by atoms with E-state index >= 15 is 0 Å². The number of amides is 1. The number of aryl methyl sites for hydroxylation is 1. The van der Waals surface area contributed by atoms with Crippen LogP contribution >= 0.6 is 0 Å². The molecule has 1 N–H and O–H groups in total. The summed E-state index contributed by atoms with van der Waals surface area (Å²) in [4.78, 5) is 30.7. The largest absolute Gasteiger partial charge is 0.477 e. The fourth-order valence-electron chi connectivity index (χ4n) is 5.34. The third-order valence-corrected chi connectivity index (χ3v) is 9.36. The maximum Gasteiger partial charge on any atom is 0.274 e. The number of piperidine rings is 1. The second-order valence-corrected chi connectivity index (χ2v) is 12.0. The van der Waals surface area contributed by atoms with Gasteiger partial charge in [-0.25, -0.2) is 8.42 Å². The summed E-state index contributed by atoms with van der Waals surface area (Å²) < 4.78 is 37.1. The molecular formula is C26H32N4O5S. The van der Waals surface area contributed by atoms with E-state index in [0.717, 1.165) is 19.3 Å². The third kappa shape index (κ3) is 3.66. The lowest BCUT2D eigenvalue weighted by Gasteiger charge is -2.37. The van der Waals surface area contributed by atoms with Crippen molar-refractivity contribution in [1.29, 1.82) is 0 Å². The molecule has 2 aliphatic rings. The van der Waals surface area contributed by atoms with Crippen LogP contribution in [0.25, 0.3) is 22.0 Å². The number of pyridine rings is 1. The van der Waals surface area contributed by atoms with Gasteiger partial charge in [0.05, 0.1) is 10.6 Å². The summed E-state index contributed by atoms with van der Waals surface area (Å²) in [5.74, 6) is 0.142. The number of carbonyl (C=O) groups excluding carboxylic acids is 1. The topological polar surface area (TPSA) is 105 Å². The van der Waals surface area contributed by atoms with Crippen molar-refractivity contribution < 1.29 is 17.9 Å². The van der Waals surface area contributed by atoms with Gasteiger partial charge in [0.1, 0.15) is 5.52 Å². The smallest absolute Gasteiger partial charge is 0.274 e. The van der Waals surface area contributed by atoms with E-state index in [2.05, 4.69) is 4.98 Å². The van der Waals surface area contributed by atoms with Crippen LogP contribution in [-0.4, -0.2) is 54.4 Å². The SMILES string of the molecule is Cc1c(S(=O)(=O)N2CCCCC2)cc(-c2cn(C)c(=O)c3[nH]ccc23)c2c1N(C)C(=O)C(C(C)C)O2. The van der Waals surface area contributed by atoms with Crippen LogP contribution in [0.3, 0.4) is 0 Å². The molecule has 5 rings (SSSR count). The van der Waals surface area contributed by atoms with E-state index in [0.29, 0.717) is 52.1 Å². The number of carbonyl (C=O) groups is 1. The highest BCUT2D eigenvalue weighted by Crippen LogP contribution is 2.48. The first-order valence-corrected chi connectivity index (χ1v) is 13.8. The first kappa shape index (κ1) is 24.6. The van der Waals surface area contributed by atoms with Crippen molar-refractivity contribution in [2.24, 2.45) is 13.0 Å². The summed E-state index contributed by atoms with van der Waals surface area (Å²) in [6, 6.07) is 3.46. The highest BCUT2D eigenvalue weighted by atomic mass is 32.2. The maximum atomic E-state index is 13.9. The Kier molecular flexibility index (Phi) is 5.99. The molecule has 1 unspecified atom stereocenters. The fraction of sp³-hybridized carbons (Fsp3) is 0.462. The maximum absolute atomic E-state index is 13.9. The standard InChI is InChI=1S/C26H32N4O5S/c1-15(2)23-26(32)29(5)22-16(3)20(36(33,34)30-11-7-6-8-12-30)13-18(24(22)35-23)19-14-28(4)25(31)21-17(19)9-10-27-21/h9-10,13-15,23,27H,6-8,11-12H2,1-5H3. The molecule has 1 atom stereocenters. The lowest BCUT2D eigenvalue weighted by atomic mass is 9.96. The normalized spacial score (nSPS) is 19.1. The van der Waals surface area contributed by atoms with Crippen LogP contribution in [0.2, 0.25) is 0 Å². The Morgan fingerprint density at radius 3 is 2.44 bits per heavy atom. The van der Waals surface area contributed by atoms with Crippen LogP contribution in [-0.2, 0) is 21.9 Å². The van der Waals surface area contributed by atoms with E-state index < -0.39 is 16.1 Å². The van der Waals surface area contributed by atoms with Gasteiger partial charge in [-0.05, 0) is 43.4 Å². The molecule has 192 valence electrons. The first-order chi connectivity index (χ1) is 17.0. The summed E-state index contributed by atoms with van der Waals surface area (Å²) in [5.41, 5.74) is 2.36. The molecule has 9 nitrogen and oxygen atoms in total. The summed E-state index contributed by atoms with van der Waals surface area (Å²) in [7, 11) is -0.497. The average Bonchev–Trinajstić information content (AvgIpc) is 3.34. The Balaban J connectivity index is 1.85. The van der Waals surface area contributed by atoms with Gasteiger partial charge in [0.2, 0.25) is 10.0 Å². The molecule has 1 fully saturated rings. The second kappa shape index (κ2) is 8.77. The van der Waals surface area contributed by atoms with Crippen LogP contribution in [0.15, 0.2) is 34.2 Å². The Morgan fingerprint density at radius 2 is 1.78 bits per heavy atom. The molecule has 2 aromatic heterocycles. The number of anilines is 1. The predicted molar refractivity (Wildman–Crippen MR) is 139 cm³/mol. The molecule has 1 saturated heterocycles. The van der Waals surface area contributed by atoms with Gasteiger partial charge in [-0.15, -0.1) is 0 Å². The molecule has 3 aromatic rings. The number of benzene rings is 1. The Morgan fingerprint density at radius 1 is 1.08 bits per heavy atom. The zero-order chi connectivity index (χ0) is 25.9. The van der Waals surface area contributed by atoms with E-state index in [4.69, 9.17) is 4.74 Å². The number of nitrogens with zero attached hydrogens (tertiary/aromatic N) is 3. The van der Waals surface area contributed by atoms with Crippen molar-refractivity contribution in [3.05, 3.63) is 40.4 Å². The van der Waals surface area contributed by atoms with E-state index in [9.17, 15) is 18.0 Å². The first-order valence-electron chi connectivity index (χ1n) is 12.3. The average molecular weight is 513 g/mol. The van der Waals surface area contributed by atoms with E-state index in [1.165, 1.54) is 13.8 Å². The molecule has 0 aliphatic carbocycles. The molecule has 0 bridgehead atoms. The van der Waals surface area contributed by atoms with Crippen LogP contribution in [0.1, 0.15) is 38.7 Å². The zero-order valence-electron chi connectivity index (χ0n) is 21.3. The van der Waals surface area contributed by atoms with Gasteiger partial charge in [0.15, 0.2) is 11.9 Å². The molecule has 2 aliphatic heterocycles. The Labute approximate surface area is 210 Å². The molecule has 4 heterocycles. The number of H-pyrrole nitrogens is 1. The highest BCUT2D eigenvalue weighted by molar-refractivity contribution is 7.89. The van der Waals surface area contributed by atoms with Crippen LogP contribution < -0.4 is 15.2 Å². The minimum Gasteiger partial charge on any atom is -0.477 e. The van der Waals surface area contributed by atoms with Crippen LogP contribution in [0, 0.1) is 12.8 Å². The number of hydrogen-bond donors (Lipinski definition) is 1. The number of aromatic amines is 1. The van der Waals surface area contributed by atoms with Crippen molar-refractivity contribution >= 4 is 32.5 Å². The number of nitrogens with one attached hydrogen (secondary N) is 1. The minimum atomic E-state index is -3.82. The third-order valence-electron chi connectivity index (χ3n) is 7.34. The lowest BCUT2D eigenvalue weighted by Crippen LogP contribution is -2.47. The van der Waals surface area contributed by atoms with Crippen molar-refractivity contribution in [1.82, 2.24) is 13.9 Å². The summed E-state index contributed by atoms with van der Waals surface area (Å²) in [6.07, 6.45) is 5.32. The molecule has 1 amide bonds. The number of sulfonamides is 1. The van der Waals surface area contributed by atoms with Gasteiger partial charge in [-0.1, -0.05) is 20.3 Å². The van der Waals surface area contributed by atoms with Gasteiger partial charge in [0.25, 0.3) is 11.5 Å². The highest BCUT2D eigenvalue weighted by Gasteiger charge is 2.40. The second-order valence-electron chi connectivity index (χ2n) is 10.1. The van der Waals surface area contributed by atoms with Crippen molar-refractivity contribution in [3.8, 4) is 16.9 Å². The van der Waals surface area contributed by atoms with Gasteiger partial charge in [-0.3, -0.25) is 9.59 Å². The summed E-state index contributed by atoms with van der Waals surface area (Å²) >= 11 is 0. The Hall–Kier alpha value is -3.11. The number of rotatable bonds is 4. The number of aromatic nitrogens is 2. The van der Waals surface area contributed by atoms with Gasteiger partial charge in [0, 0.05) is 56.1 Å². The molecule has 10 heteroatoms. The van der Waals surface area contributed by atoms with E-state index in [-0.39, 0.29) is 22.3 Å². The zero-order valence-corrected chi connectivity index (χ0v) is 22.1. The van der Waals surface area contributed by atoms with Gasteiger partial charge in [-0.2, -0.15) is 4.31 Å². The molecule has 1 aromatic carbocycles. The quantitative estimate of drug-likeness (QED) is 0.577. The minimum absolute atomic E-state index is 0.0922. The van der Waals surface area contributed by atoms with Crippen LogP contribution in [0.4, 0.5) is 5.69 Å². The lowest BCUT2D eigenvalue weighted by molar-refractivity contribution is -0.127.